The quantitative estimate of drug-likeness (QED) is 0.471. The number of carbonyl (C=O) groups excluding carboxylic acids is 1. The minimum absolute atomic E-state index is 0.0211. The van der Waals surface area contributed by atoms with Crippen LogP contribution in [0.3, 0.4) is 0 Å². The average molecular weight is 257 g/mol. The van der Waals surface area contributed by atoms with E-state index in [4.69, 9.17) is 5.73 Å². The highest BCUT2D eigenvalue weighted by Gasteiger charge is 2.16. The van der Waals surface area contributed by atoms with E-state index < -0.39 is 22.3 Å². The van der Waals surface area contributed by atoms with Gasteiger partial charge in [-0.1, -0.05) is 12.2 Å². The molecule has 0 atom stereocenters. The Morgan fingerprint density at radius 3 is 2.71 bits per heavy atom. The molecule has 0 saturated heterocycles. The van der Waals surface area contributed by atoms with Gasteiger partial charge in [-0.3, -0.25) is 14.9 Å². The Morgan fingerprint density at radius 2 is 2.24 bits per heavy atom. The van der Waals surface area contributed by atoms with Crippen LogP contribution in [0, 0.1) is 15.9 Å². The van der Waals surface area contributed by atoms with E-state index in [2.05, 4.69) is 17.5 Å². The van der Waals surface area contributed by atoms with Gasteiger partial charge in [-0.05, 0) is 12.1 Å². The van der Waals surface area contributed by atoms with E-state index in [9.17, 15) is 19.3 Å². The fourth-order valence-corrected chi connectivity index (χ4v) is 1.14. The molecular formula is C9H8FN3O3S. The number of carbonyl (C=O) groups is 1. The SMILES string of the molecule is NC(=S)CNC(=O)c1ccc([N+](=O)[O-])c(F)c1. The molecule has 1 rings (SSSR count). The standard InChI is InChI=1S/C9H8FN3O3S/c10-6-3-5(1-2-7(6)13(15)16)9(14)12-4-8(11)17/h1-3H,4H2,(H2,11,17)(H,12,14). The minimum atomic E-state index is -1.07. The maximum absolute atomic E-state index is 13.2. The highest BCUT2D eigenvalue weighted by Crippen LogP contribution is 2.17. The topological polar surface area (TPSA) is 98.3 Å². The fourth-order valence-electron chi connectivity index (χ4n) is 1.07. The Hall–Kier alpha value is -2.09. The molecule has 3 N–H and O–H groups in total. The number of thiocarbonyl (C=S) groups is 1. The van der Waals surface area contributed by atoms with Crippen molar-refractivity contribution in [2.75, 3.05) is 6.54 Å². The molecule has 0 aromatic heterocycles. The van der Waals surface area contributed by atoms with Gasteiger partial charge >= 0.3 is 5.69 Å². The Labute approximate surface area is 101 Å². The third kappa shape index (κ3) is 3.45. The Bertz CT molecular complexity index is 492. The number of nitro groups is 1. The number of nitrogens with two attached hydrogens (primary N) is 1. The van der Waals surface area contributed by atoms with Crippen molar-refractivity contribution in [3.8, 4) is 0 Å². The van der Waals surface area contributed by atoms with Crippen LogP contribution in [0.2, 0.25) is 0 Å². The lowest BCUT2D eigenvalue weighted by Gasteiger charge is -2.03. The van der Waals surface area contributed by atoms with Crippen LogP contribution in [0.4, 0.5) is 10.1 Å². The lowest BCUT2D eigenvalue weighted by atomic mass is 10.2. The van der Waals surface area contributed by atoms with Crippen molar-refractivity contribution >= 4 is 28.8 Å². The predicted octanol–water partition coefficient (Wildman–Crippen LogP) is 0.750. The van der Waals surface area contributed by atoms with E-state index in [0.717, 1.165) is 18.2 Å². The molecule has 0 aliphatic rings. The zero-order valence-corrected chi connectivity index (χ0v) is 9.29. The minimum Gasteiger partial charge on any atom is -0.392 e. The van der Waals surface area contributed by atoms with Crippen molar-refractivity contribution in [3.63, 3.8) is 0 Å². The van der Waals surface area contributed by atoms with E-state index in [1.807, 2.05) is 0 Å². The molecule has 0 bridgehead atoms. The summed E-state index contributed by atoms with van der Waals surface area (Å²) >= 11 is 4.54. The highest BCUT2D eigenvalue weighted by molar-refractivity contribution is 7.80. The van der Waals surface area contributed by atoms with Crippen molar-refractivity contribution in [3.05, 3.63) is 39.7 Å². The number of amides is 1. The molecule has 0 radical (unpaired) electrons. The van der Waals surface area contributed by atoms with E-state index in [1.54, 1.807) is 0 Å². The molecule has 0 aliphatic carbocycles. The van der Waals surface area contributed by atoms with Gasteiger partial charge in [-0.15, -0.1) is 0 Å². The van der Waals surface area contributed by atoms with Crippen LogP contribution >= 0.6 is 12.2 Å². The fraction of sp³-hybridized carbons (Fsp3) is 0.111. The van der Waals surface area contributed by atoms with Gasteiger partial charge in [0, 0.05) is 11.6 Å². The zero-order chi connectivity index (χ0) is 13.0. The second-order valence-corrected chi connectivity index (χ2v) is 3.60. The first-order valence-corrected chi connectivity index (χ1v) is 4.83. The van der Waals surface area contributed by atoms with Gasteiger partial charge in [0.1, 0.15) is 0 Å². The summed E-state index contributed by atoms with van der Waals surface area (Å²) in [6.07, 6.45) is 0. The Morgan fingerprint density at radius 1 is 1.59 bits per heavy atom. The molecule has 0 saturated carbocycles. The largest absolute Gasteiger partial charge is 0.392 e. The number of hydrogen-bond donors (Lipinski definition) is 2. The van der Waals surface area contributed by atoms with E-state index in [-0.39, 0.29) is 17.1 Å². The number of hydrogen-bond acceptors (Lipinski definition) is 4. The van der Waals surface area contributed by atoms with Gasteiger partial charge in [0.25, 0.3) is 5.91 Å². The second-order valence-electron chi connectivity index (χ2n) is 3.07. The van der Waals surface area contributed by atoms with Crippen LogP contribution < -0.4 is 11.1 Å². The van der Waals surface area contributed by atoms with Gasteiger partial charge in [0.05, 0.1) is 16.5 Å². The molecule has 1 aromatic rings. The van der Waals surface area contributed by atoms with E-state index in [0.29, 0.717) is 0 Å². The lowest BCUT2D eigenvalue weighted by Crippen LogP contribution is -2.32. The number of halogens is 1. The molecule has 1 aromatic carbocycles. The maximum atomic E-state index is 13.2. The van der Waals surface area contributed by atoms with Crippen molar-refractivity contribution in [1.82, 2.24) is 5.32 Å². The Kier molecular flexibility index (Phi) is 4.05. The van der Waals surface area contributed by atoms with Crippen LogP contribution in [0.1, 0.15) is 10.4 Å². The lowest BCUT2D eigenvalue weighted by molar-refractivity contribution is -0.387. The molecule has 0 spiro atoms. The van der Waals surface area contributed by atoms with Crippen LogP contribution in [-0.4, -0.2) is 22.4 Å². The van der Waals surface area contributed by atoms with Crippen molar-refractivity contribution in [2.24, 2.45) is 5.73 Å². The number of nitro benzene ring substituents is 1. The molecule has 1 amide bonds. The van der Waals surface area contributed by atoms with Crippen molar-refractivity contribution in [2.45, 2.75) is 0 Å². The van der Waals surface area contributed by atoms with Crippen LogP contribution in [0.15, 0.2) is 18.2 Å². The van der Waals surface area contributed by atoms with Gasteiger partial charge in [-0.2, -0.15) is 4.39 Å². The normalized spacial score (nSPS) is 9.71. The summed E-state index contributed by atoms with van der Waals surface area (Å²) in [6, 6.07) is 2.86. The van der Waals surface area contributed by atoms with Crippen LogP contribution in [0.5, 0.6) is 0 Å². The summed E-state index contributed by atoms with van der Waals surface area (Å²) in [4.78, 5) is 21.0. The zero-order valence-electron chi connectivity index (χ0n) is 8.47. The summed E-state index contributed by atoms with van der Waals surface area (Å²) in [6.45, 7) is -0.0211. The summed E-state index contributed by atoms with van der Waals surface area (Å²) in [5.74, 6) is -1.68. The number of benzene rings is 1. The highest BCUT2D eigenvalue weighted by atomic mass is 32.1. The van der Waals surface area contributed by atoms with Gasteiger partial charge in [0.2, 0.25) is 5.82 Å². The van der Waals surface area contributed by atoms with Crippen LogP contribution in [-0.2, 0) is 0 Å². The first kappa shape index (κ1) is 13.0. The summed E-state index contributed by atoms with van der Waals surface area (Å²) in [7, 11) is 0. The molecule has 8 heteroatoms. The second kappa shape index (κ2) is 5.30. The summed E-state index contributed by atoms with van der Waals surface area (Å²) < 4.78 is 13.2. The average Bonchev–Trinajstić information content (AvgIpc) is 2.25. The molecule has 90 valence electrons. The van der Waals surface area contributed by atoms with Gasteiger partial charge < -0.3 is 11.1 Å². The molecule has 17 heavy (non-hydrogen) atoms. The van der Waals surface area contributed by atoms with Crippen molar-refractivity contribution in [1.29, 1.82) is 0 Å². The summed E-state index contributed by atoms with van der Waals surface area (Å²) in [5.41, 5.74) is 4.44. The molecule has 0 heterocycles. The molecule has 6 nitrogen and oxygen atoms in total. The van der Waals surface area contributed by atoms with Gasteiger partial charge in [0.15, 0.2) is 0 Å². The predicted molar refractivity (Wildman–Crippen MR) is 62.2 cm³/mol. The Balaban J connectivity index is 2.86. The first-order valence-electron chi connectivity index (χ1n) is 4.42. The number of nitrogens with one attached hydrogen (secondary N) is 1. The first-order chi connectivity index (χ1) is 7.91. The van der Waals surface area contributed by atoms with Gasteiger partial charge in [-0.25, -0.2) is 0 Å². The number of rotatable bonds is 4. The monoisotopic (exact) mass is 257 g/mol. The third-order valence-electron chi connectivity index (χ3n) is 1.83. The smallest absolute Gasteiger partial charge is 0.304 e. The molecule has 0 aliphatic heterocycles. The maximum Gasteiger partial charge on any atom is 0.304 e. The van der Waals surface area contributed by atoms with E-state index >= 15 is 0 Å². The van der Waals surface area contributed by atoms with Crippen LogP contribution in [0.25, 0.3) is 0 Å². The number of nitrogens with zero attached hydrogens (tertiary/aromatic N) is 1. The van der Waals surface area contributed by atoms with Crippen molar-refractivity contribution < 1.29 is 14.1 Å². The molecule has 0 fully saturated rings. The van der Waals surface area contributed by atoms with E-state index in [1.165, 1.54) is 0 Å². The molecular weight excluding hydrogens is 249 g/mol. The summed E-state index contributed by atoms with van der Waals surface area (Å²) in [5, 5.41) is 12.7. The third-order valence-corrected chi connectivity index (χ3v) is 1.97. The molecule has 0 unspecified atom stereocenters.